The summed E-state index contributed by atoms with van der Waals surface area (Å²) in [5.41, 5.74) is 0.0732. The van der Waals surface area contributed by atoms with Gasteiger partial charge in [0.25, 0.3) is 5.91 Å². The molecule has 0 spiro atoms. The SMILES string of the molecule is CN(CC(F)(F)F)C(=O)CNC(=O)c1ccc(O)c(Cl)c1. The lowest BCUT2D eigenvalue weighted by molar-refractivity contribution is -0.157. The standard InChI is InChI=1S/C12H12ClF3N2O3/c1-18(6-12(14,15)16)10(20)5-17-11(21)7-2-3-9(19)8(13)4-7/h2-4,19H,5-6H2,1H3,(H,17,21). The molecule has 0 heterocycles. The molecule has 9 heteroatoms. The van der Waals surface area contributed by atoms with Crippen molar-refractivity contribution in [3.8, 4) is 5.75 Å². The Balaban J connectivity index is 2.56. The Hall–Kier alpha value is -1.96. The Morgan fingerprint density at radius 1 is 1.38 bits per heavy atom. The average Bonchev–Trinajstić information content (AvgIpc) is 2.36. The van der Waals surface area contributed by atoms with Crippen molar-refractivity contribution in [2.45, 2.75) is 6.18 Å². The summed E-state index contributed by atoms with van der Waals surface area (Å²) in [6.45, 7) is -1.98. The molecule has 1 aromatic carbocycles. The maximum absolute atomic E-state index is 12.1. The van der Waals surface area contributed by atoms with Crippen LogP contribution in [0.2, 0.25) is 5.02 Å². The van der Waals surface area contributed by atoms with Gasteiger partial charge in [0.15, 0.2) is 0 Å². The van der Waals surface area contributed by atoms with Crippen molar-refractivity contribution in [3.05, 3.63) is 28.8 Å². The van der Waals surface area contributed by atoms with Gasteiger partial charge in [0.05, 0.1) is 11.6 Å². The summed E-state index contributed by atoms with van der Waals surface area (Å²) >= 11 is 5.61. The van der Waals surface area contributed by atoms with Gasteiger partial charge in [-0.05, 0) is 18.2 Å². The van der Waals surface area contributed by atoms with E-state index in [1.54, 1.807) is 0 Å². The molecule has 0 aromatic heterocycles. The van der Waals surface area contributed by atoms with Crippen LogP contribution in [-0.4, -0.2) is 48.1 Å². The predicted molar refractivity (Wildman–Crippen MR) is 69.1 cm³/mol. The highest BCUT2D eigenvalue weighted by Crippen LogP contribution is 2.23. The summed E-state index contributed by atoms with van der Waals surface area (Å²) in [5, 5.41) is 11.3. The summed E-state index contributed by atoms with van der Waals surface area (Å²) in [6, 6.07) is 3.63. The van der Waals surface area contributed by atoms with Gasteiger partial charge in [0.1, 0.15) is 12.3 Å². The molecule has 0 saturated heterocycles. The van der Waals surface area contributed by atoms with Crippen LogP contribution in [-0.2, 0) is 4.79 Å². The number of amides is 2. The maximum Gasteiger partial charge on any atom is 0.406 e. The van der Waals surface area contributed by atoms with E-state index in [-0.39, 0.29) is 16.3 Å². The van der Waals surface area contributed by atoms with E-state index in [0.29, 0.717) is 4.90 Å². The predicted octanol–water partition coefficient (Wildman–Crippen LogP) is 1.80. The van der Waals surface area contributed by atoms with Crippen molar-refractivity contribution in [2.24, 2.45) is 0 Å². The van der Waals surface area contributed by atoms with E-state index in [1.165, 1.54) is 18.2 Å². The van der Waals surface area contributed by atoms with Gasteiger partial charge in [-0.3, -0.25) is 9.59 Å². The largest absolute Gasteiger partial charge is 0.506 e. The number of nitrogens with one attached hydrogen (secondary N) is 1. The number of phenols is 1. The second-order valence-corrected chi connectivity index (χ2v) is 4.62. The second-order valence-electron chi connectivity index (χ2n) is 4.21. The highest BCUT2D eigenvalue weighted by Gasteiger charge is 2.31. The van der Waals surface area contributed by atoms with E-state index in [9.17, 15) is 27.9 Å². The first-order valence-electron chi connectivity index (χ1n) is 5.67. The monoisotopic (exact) mass is 324 g/mol. The van der Waals surface area contributed by atoms with Gasteiger partial charge in [0, 0.05) is 12.6 Å². The minimum absolute atomic E-state index is 0.0526. The van der Waals surface area contributed by atoms with Crippen LogP contribution in [0.25, 0.3) is 0 Å². The first kappa shape index (κ1) is 17.1. The van der Waals surface area contributed by atoms with Crippen LogP contribution in [0.5, 0.6) is 5.75 Å². The quantitative estimate of drug-likeness (QED) is 0.887. The molecule has 0 aliphatic heterocycles. The van der Waals surface area contributed by atoms with E-state index in [4.69, 9.17) is 11.6 Å². The molecule has 0 bridgehead atoms. The summed E-state index contributed by atoms with van der Waals surface area (Å²) in [6.07, 6.45) is -4.50. The lowest BCUT2D eigenvalue weighted by Gasteiger charge is -2.19. The third-order valence-corrected chi connectivity index (χ3v) is 2.75. The van der Waals surface area contributed by atoms with Crippen molar-refractivity contribution >= 4 is 23.4 Å². The fraction of sp³-hybridized carbons (Fsp3) is 0.333. The molecule has 21 heavy (non-hydrogen) atoms. The Morgan fingerprint density at radius 3 is 2.52 bits per heavy atom. The maximum atomic E-state index is 12.1. The summed E-state index contributed by atoms with van der Waals surface area (Å²) < 4.78 is 36.3. The van der Waals surface area contributed by atoms with Crippen LogP contribution in [0.15, 0.2) is 18.2 Å². The first-order valence-corrected chi connectivity index (χ1v) is 6.05. The Labute approximate surface area is 123 Å². The van der Waals surface area contributed by atoms with Crippen molar-refractivity contribution < 1.29 is 27.9 Å². The number of hydrogen-bond acceptors (Lipinski definition) is 3. The molecular weight excluding hydrogens is 313 g/mol. The average molecular weight is 325 g/mol. The van der Waals surface area contributed by atoms with Gasteiger partial charge in [-0.1, -0.05) is 11.6 Å². The van der Waals surface area contributed by atoms with Crippen molar-refractivity contribution in [1.82, 2.24) is 10.2 Å². The highest BCUT2D eigenvalue weighted by atomic mass is 35.5. The normalized spacial score (nSPS) is 11.1. The van der Waals surface area contributed by atoms with Crippen LogP contribution < -0.4 is 5.32 Å². The number of halogens is 4. The highest BCUT2D eigenvalue weighted by molar-refractivity contribution is 6.32. The minimum Gasteiger partial charge on any atom is -0.506 e. The molecule has 2 amide bonds. The molecule has 116 valence electrons. The van der Waals surface area contributed by atoms with E-state index in [0.717, 1.165) is 7.05 Å². The van der Waals surface area contributed by atoms with Crippen LogP contribution in [0, 0.1) is 0 Å². The molecule has 0 fully saturated rings. The van der Waals surface area contributed by atoms with Crippen molar-refractivity contribution in [2.75, 3.05) is 20.1 Å². The van der Waals surface area contributed by atoms with Gasteiger partial charge in [-0.2, -0.15) is 13.2 Å². The fourth-order valence-corrected chi connectivity index (χ4v) is 1.58. The summed E-state index contributed by atoms with van der Waals surface area (Å²) in [5.74, 6) is -1.79. The van der Waals surface area contributed by atoms with Gasteiger partial charge in [-0.25, -0.2) is 0 Å². The van der Waals surface area contributed by atoms with Gasteiger partial charge in [0.2, 0.25) is 5.91 Å². The minimum atomic E-state index is -4.50. The zero-order valence-electron chi connectivity index (χ0n) is 10.9. The molecule has 0 radical (unpaired) electrons. The van der Waals surface area contributed by atoms with Gasteiger partial charge < -0.3 is 15.3 Å². The van der Waals surface area contributed by atoms with E-state index in [1.807, 2.05) is 0 Å². The van der Waals surface area contributed by atoms with Crippen molar-refractivity contribution in [1.29, 1.82) is 0 Å². The Bertz CT molecular complexity index is 549. The molecule has 1 aromatic rings. The van der Waals surface area contributed by atoms with Gasteiger partial charge >= 0.3 is 6.18 Å². The molecule has 0 unspecified atom stereocenters. The fourth-order valence-electron chi connectivity index (χ4n) is 1.40. The van der Waals surface area contributed by atoms with E-state index in [2.05, 4.69) is 5.32 Å². The van der Waals surface area contributed by atoms with Gasteiger partial charge in [-0.15, -0.1) is 0 Å². The van der Waals surface area contributed by atoms with E-state index < -0.39 is 31.1 Å². The zero-order valence-corrected chi connectivity index (χ0v) is 11.6. The number of likely N-dealkylation sites (N-methyl/N-ethyl adjacent to an activating group) is 1. The zero-order chi connectivity index (χ0) is 16.2. The Morgan fingerprint density at radius 2 is 2.00 bits per heavy atom. The second kappa shape index (κ2) is 6.66. The number of alkyl halides is 3. The van der Waals surface area contributed by atoms with Crippen LogP contribution in [0.4, 0.5) is 13.2 Å². The molecule has 0 aliphatic rings. The smallest absolute Gasteiger partial charge is 0.406 e. The number of hydrogen-bond donors (Lipinski definition) is 2. The number of rotatable bonds is 4. The number of carbonyl (C=O) groups is 2. The lowest BCUT2D eigenvalue weighted by atomic mass is 10.2. The topological polar surface area (TPSA) is 69.6 Å². The van der Waals surface area contributed by atoms with Crippen LogP contribution in [0.3, 0.4) is 0 Å². The summed E-state index contributed by atoms with van der Waals surface area (Å²) in [4.78, 5) is 23.6. The molecule has 0 saturated carbocycles. The molecular formula is C12H12ClF3N2O3. The first-order chi connectivity index (χ1) is 9.60. The molecule has 5 nitrogen and oxygen atoms in total. The number of nitrogens with zero attached hydrogens (tertiary/aromatic N) is 1. The van der Waals surface area contributed by atoms with Crippen LogP contribution >= 0.6 is 11.6 Å². The number of benzene rings is 1. The Kier molecular flexibility index (Phi) is 5.42. The number of phenolic OH excluding ortho intramolecular Hbond substituents is 1. The molecule has 0 atom stereocenters. The molecule has 1 rings (SSSR count). The summed E-state index contributed by atoms with van der Waals surface area (Å²) in [7, 11) is 0.986. The third-order valence-electron chi connectivity index (χ3n) is 2.45. The number of aromatic hydroxyl groups is 1. The van der Waals surface area contributed by atoms with Crippen LogP contribution in [0.1, 0.15) is 10.4 Å². The number of carbonyl (C=O) groups excluding carboxylic acids is 2. The molecule has 2 N–H and O–H groups in total. The third kappa shape index (κ3) is 5.50. The lowest BCUT2D eigenvalue weighted by Crippen LogP contribution is -2.42. The molecule has 0 aliphatic carbocycles. The van der Waals surface area contributed by atoms with E-state index >= 15 is 0 Å². The van der Waals surface area contributed by atoms with Crippen molar-refractivity contribution in [3.63, 3.8) is 0 Å².